The number of rotatable bonds is 10. The normalized spacial score (nSPS) is 16.7. The second kappa shape index (κ2) is 12.1. The van der Waals surface area contributed by atoms with Gasteiger partial charge in [0.05, 0.1) is 13.2 Å². The molecule has 0 amide bonds. The van der Waals surface area contributed by atoms with Gasteiger partial charge in [-0.1, -0.05) is 6.42 Å². The SMILES string of the molecule is CC(C)(C)OC(=O)CCCCCNC(N)=NCCCN1CCOCC1. The van der Waals surface area contributed by atoms with E-state index in [0.717, 1.165) is 71.6 Å². The van der Waals surface area contributed by atoms with Crippen molar-refractivity contribution in [1.29, 1.82) is 0 Å². The molecule has 146 valence electrons. The van der Waals surface area contributed by atoms with Gasteiger partial charge in [-0.3, -0.25) is 14.7 Å². The number of hydrogen-bond donors (Lipinski definition) is 2. The molecule has 0 aromatic rings. The highest BCUT2D eigenvalue weighted by Gasteiger charge is 2.15. The number of carbonyl (C=O) groups excluding carboxylic acids is 1. The summed E-state index contributed by atoms with van der Waals surface area (Å²) in [5.41, 5.74) is 5.46. The Morgan fingerprint density at radius 2 is 1.92 bits per heavy atom. The van der Waals surface area contributed by atoms with E-state index in [4.69, 9.17) is 15.2 Å². The molecule has 1 saturated heterocycles. The summed E-state index contributed by atoms with van der Waals surface area (Å²) >= 11 is 0. The maximum Gasteiger partial charge on any atom is 0.306 e. The minimum Gasteiger partial charge on any atom is -0.460 e. The van der Waals surface area contributed by atoms with Crippen LogP contribution in [-0.4, -0.2) is 68.4 Å². The first-order valence-electron chi connectivity index (χ1n) is 9.42. The van der Waals surface area contributed by atoms with Crippen molar-refractivity contribution in [2.75, 3.05) is 45.9 Å². The van der Waals surface area contributed by atoms with Crippen LogP contribution in [0.15, 0.2) is 4.99 Å². The van der Waals surface area contributed by atoms with Crippen molar-refractivity contribution in [2.45, 2.75) is 58.5 Å². The number of esters is 1. The Labute approximate surface area is 152 Å². The Morgan fingerprint density at radius 1 is 1.20 bits per heavy atom. The Morgan fingerprint density at radius 3 is 2.60 bits per heavy atom. The van der Waals surface area contributed by atoms with E-state index >= 15 is 0 Å². The van der Waals surface area contributed by atoms with Crippen LogP contribution in [0, 0.1) is 0 Å². The predicted octanol–water partition coefficient (Wildman–Crippen LogP) is 1.52. The van der Waals surface area contributed by atoms with Crippen LogP contribution in [0.5, 0.6) is 0 Å². The van der Waals surface area contributed by atoms with E-state index in [-0.39, 0.29) is 5.97 Å². The molecule has 7 heteroatoms. The van der Waals surface area contributed by atoms with Gasteiger partial charge in [-0.25, -0.2) is 0 Å². The lowest BCUT2D eigenvalue weighted by atomic mass is 10.1. The lowest BCUT2D eigenvalue weighted by molar-refractivity contribution is -0.154. The zero-order chi connectivity index (χ0) is 18.5. The molecule has 1 heterocycles. The van der Waals surface area contributed by atoms with Crippen molar-refractivity contribution in [2.24, 2.45) is 10.7 Å². The fourth-order valence-corrected chi connectivity index (χ4v) is 2.55. The fourth-order valence-electron chi connectivity index (χ4n) is 2.55. The van der Waals surface area contributed by atoms with Crippen LogP contribution in [0.1, 0.15) is 52.9 Å². The van der Waals surface area contributed by atoms with Gasteiger partial charge >= 0.3 is 5.97 Å². The molecule has 0 aliphatic carbocycles. The van der Waals surface area contributed by atoms with Crippen molar-refractivity contribution in [3.63, 3.8) is 0 Å². The molecule has 1 aliphatic heterocycles. The number of aliphatic imine (C=N–C) groups is 1. The lowest BCUT2D eigenvalue weighted by Gasteiger charge is -2.26. The summed E-state index contributed by atoms with van der Waals surface area (Å²) in [5, 5.41) is 3.13. The average Bonchev–Trinajstić information content (AvgIpc) is 2.54. The molecule has 1 fully saturated rings. The number of morpholine rings is 1. The number of guanidine groups is 1. The first-order chi connectivity index (χ1) is 11.9. The molecule has 3 N–H and O–H groups in total. The van der Waals surface area contributed by atoms with Gasteiger partial charge in [-0.2, -0.15) is 0 Å². The molecule has 0 atom stereocenters. The molecule has 0 bridgehead atoms. The summed E-state index contributed by atoms with van der Waals surface area (Å²) in [5.74, 6) is 0.385. The van der Waals surface area contributed by atoms with Gasteiger partial charge in [-0.05, 0) is 40.0 Å². The van der Waals surface area contributed by atoms with E-state index in [1.165, 1.54) is 0 Å². The molecular formula is C18H36N4O3. The molecule has 0 radical (unpaired) electrons. The minimum absolute atomic E-state index is 0.123. The molecule has 1 rings (SSSR count). The summed E-state index contributed by atoms with van der Waals surface area (Å²) in [6, 6.07) is 0. The van der Waals surface area contributed by atoms with E-state index in [0.29, 0.717) is 12.4 Å². The van der Waals surface area contributed by atoms with Crippen molar-refractivity contribution in [3.05, 3.63) is 0 Å². The number of ether oxygens (including phenoxy) is 2. The number of nitrogens with zero attached hydrogens (tertiary/aromatic N) is 2. The molecular weight excluding hydrogens is 320 g/mol. The Bertz CT molecular complexity index is 402. The van der Waals surface area contributed by atoms with E-state index in [9.17, 15) is 4.79 Å². The number of carbonyl (C=O) groups is 1. The molecule has 0 aromatic heterocycles. The maximum atomic E-state index is 11.6. The lowest BCUT2D eigenvalue weighted by Crippen LogP contribution is -2.37. The fraction of sp³-hybridized carbons (Fsp3) is 0.889. The monoisotopic (exact) mass is 356 g/mol. The van der Waals surface area contributed by atoms with Crippen LogP contribution in [0.4, 0.5) is 0 Å². The minimum atomic E-state index is -0.397. The van der Waals surface area contributed by atoms with E-state index < -0.39 is 5.60 Å². The first kappa shape index (κ1) is 21.7. The van der Waals surface area contributed by atoms with Crippen LogP contribution < -0.4 is 11.1 Å². The molecule has 0 unspecified atom stereocenters. The quantitative estimate of drug-likeness (QED) is 0.267. The number of nitrogens with two attached hydrogens (primary N) is 1. The average molecular weight is 357 g/mol. The summed E-state index contributed by atoms with van der Waals surface area (Å²) in [4.78, 5) is 18.3. The van der Waals surface area contributed by atoms with Gasteiger partial charge in [0.1, 0.15) is 5.60 Å². The third-order valence-electron chi connectivity index (χ3n) is 3.80. The number of nitrogens with one attached hydrogen (secondary N) is 1. The van der Waals surface area contributed by atoms with Crippen LogP contribution in [-0.2, 0) is 14.3 Å². The summed E-state index contributed by atoms with van der Waals surface area (Å²) < 4.78 is 10.6. The van der Waals surface area contributed by atoms with Gasteiger partial charge in [0.2, 0.25) is 0 Å². The zero-order valence-electron chi connectivity index (χ0n) is 16.2. The van der Waals surface area contributed by atoms with Crippen molar-refractivity contribution >= 4 is 11.9 Å². The van der Waals surface area contributed by atoms with E-state index in [2.05, 4.69) is 15.2 Å². The maximum absolute atomic E-state index is 11.6. The van der Waals surface area contributed by atoms with Crippen LogP contribution in [0.2, 0.25) is 0 Å². The topological polar surface area (TPSA) is 89.2 Å². The van der Waals surface area contributed by atoms with Crippen molar-refractivity contribution in [1.82, 2.24) is 10.2 Å². The van der Waals surface area contributed by atoms with Crippen LogP contribution in [0.25, 0.3) is 0 Å². The highest BCUT2D eigenvalue weighted by atomic mass is 16.6. The molecule has 1 aliphatic rings. The van der Waals surface area contributed by atoms with Gasteiger partial charge in [0.25, 0.3) is 0 Å². The Balaban J connectivity index is 1.95. The second-order valence-corrected chi connectivity index (χ2v) is 7.40. The highest BCUT2D eigenvalue weighted by molar-refractivity contribution is 5.77. The smallest absolute Gasteiger partial charge is 0.306 e. The third kappa shape index (κ3) is 12.6. The highest BCUT2D eigenvalue weighted by Crippen LogP contribution is 2.10. The third-order valence-corrected chi connectivity index (χ3v) is 3.80. The van der Waals surface area contributed by atoms with Gasteiger partial charge in [0, 0.05) is 39.1 Å². The molecule has 7 nitrogen and oxygen atoms in total. The summed E-state index contributed by atoms with van der Waals surface area (Å²) in [6.07, 6.45) is 4.26. The van der Waals surface area contributed by atoms with E-state index in [1.54, 1.807) is 0 Å². The van der Waals surface area contributed by atoms with Crippen molar-refractivity contribution in [3.8, 4) is 0 Å². The largest absolute Gasteiger partial charge is 0.460 e. The summed E-state index contributed by atoms with van der Waals surface area (Å²) in [6.45, 7) is 11.9. The van der Waals surface area contributed by atoms with Gasteiger partial charge < -0.3 is 20.5 Å². The molecule has 25 heavy (non-hydrogen) atoms. The zero-order valence-corrected chi connectivity index (χ0v) is 16.2. The van der Waals surface area contributed by atoms with Crippen LogP contribution >= 0.6 is 0 Å². The Kier molecular flexibility index (Phi) is 10.5. The van der Waals surface area contributed by atoms with Crippen LogP contribution in [0.3, 0.4) is 0 Å². The standard InChI is InChI=1S/C18H36N4O3/c1-18(2,3)25-16(23)8-5-4-6-9-20-17(19)21-10-7-11-22-12-14-24-15-13-22/h4-15H2,1-3H3,(H3,19,20,21). The number of hydrogen-bond acceptors (Lipinski definition) is 5. The molecule has 0 spiro atoms. The first-order valence-corrected chi connectivity index (χ1v) is 9.42. The molecule has 0 saturated carbocycles. The number of unbranched alkanes of at least 4 members (excludes halogenated alkanes) is 2. The Hall–Kier alpha value is -1.34. The predicted molar refractivity (Wildman–Crippen MR) is 101 cm³/mol. The van der Waals surface area contributed by atoms with Crippen molar-refractivity contribution < 1.29 is 14.3 Å². The van der Waals surface area contributed by atoms with Gasteiger partial charge in [0.15, 0.2) is 5.96 Å². The second-order valence-electron chi connectivity index (χ2n) is 7.40. The van der Waals surface area contributed by atoms with Gasteiger partial charge in [-0.15, -0.1) is 0 Å². The van der Waals surface area contributed by atoms with E-state index in [1.807, 2.05) is 20.8 Å². The summed E-state index contributed by atoms with van der Waals surface area (Å²) in [7, 11) is 0. The molecule has 0 aromatic carbocycles.